The van der Waals surface area contributed by atoms with Crippen LogP contribution in [0.2, 0.25) is 0 Å². The van der Waals surface area contributed by atoms with E-state index in [1.54, 1.807) is 25.6 Å². The van der Waals surface area contributed by atoms with E-state index in [-0.39, 0.29) is 5.92 Å². The number of nitrogen functional groups attached to an aromatic ring is 1. The number of nitrogens with zero attached hydrogens (tertiary/aromatic N) is 1. The van der Waals surface area contributed by atoms with Crippen molar-refractivity contribution in [2.75, 3.05) is 19.5 Å². The fourth-order valence-electron chi connectivity index (χ4n) is 1.33. The maximum Gasteiger partial charge on any atom is 0.0872 e. The molecule has 3 N–H and O–H groups in total. The van der Waals surface area contributed by atoms with E-state index in [9.17, 15) is 5.11 Å². The molecule has 0 amide bonds. The molecule has 4 heteroatoms. The molecule has 1 rings (SSSR count). The highest BCUT2D eigenvalue weighted by molar-refractivity contribution is 5.45. The summed E-state index contributed by atoms with van der Waals surface area (Å²) in [6, 6.07) is 1.68. The number of rotatable bonds is 4. The van der Waals surface area contributed by atoms with Crippen LogP contribution in [0.3, 0.4) is 0 Å². The van der Waals surface area contributed by atoms with Gasteiger partial charge in [0.15, 0.2) is 0 Å². The molecule has 0 saturated carbocycles. The number of pyridine rings is 1. The molecule has 2 atom stereocenters. The second kappa shape index (κ2) is 4.93. The van der Waals surface area contributed by atoms with Crippen LogP contribution < -0.4 is 5.73 Å². The second-order valence-electron chi connectivity index (χ2n) is 3.38. The quantitative estimate of drug-likeness (QED) is 0.753. The Bertz CT molecular complexity index is 291. The number of nitrogens with two attached hydrogens (primary N) is 1. The van der Waals surface area contributed by atoms with Crippen molar-refractivity contribution in [1.82, 2.24) is 4.98 Å². The van der Waals surface area contributed by atoms with Gasteiger partial charge in [0, 0.05) is 36.7 Å². The van der Waals surface area contributed by atoms with E-state index < -0.39 is 6.10 Å². The molecule has 0 saturated heterocycles. The average Bonchev–Trinajstić information content (AvgIpc) is 2.18. The zero-order chi connectivity index (χ0) is 10.6. The van der Waals surface area contributed by atoms with Crippen molar-refractivity contribution in [3.05, 3.63) is 24.0 Å². The van der Waals surface area contributed by atoms with Crippen molar-refractivity contribution in [3.8, 4) is 0 Å². The van der Waals surface area contributed by atoms with E-state index in [4.69, 9.17) is 10.5 Å². The van der Waals surface area contributed by atoms with Gasteiger partial charge < -0.3 is 15.6 Å². The van der Waals surface area contributed by atoms with Crippen LogP contribution in [0.25, 0.3) is 0 Å². The van der Waals surface area contributed by atoms with E-state index in [2.05, 4.69) is 4.98 Å². The van der Waals surface area contributed by atoms with Crippen LogP contribution in [0.5, 0.6) is 0 Å². The normalized spacial score (nSPS) is 15.1. The lowest BCUT2D eigenvalue weighted by Gasteiger charge is -2.19. The Morgan fingerprint density at radius 3 is 2.93 bits per heavy atom. The molecular weight excluding hydrogens is 180 g/mol. The van der Waals surface area contributed by atoms with Crippen molar-refractivity contribution in [1.29, 1.82) is 0 Å². The molecule has 1 aromatic heterocycles. The number of hydrogen-bond acceptors (Lipinski definition) is 4. The van der Waals surface area contributed by atoms with Gasteiger partial charge in [-0.05, 0) is 6.07 Å². The molecule has 1 heterocycles. The predicted molar refractivity (Wildman–Crippen MR) is 54.6 cm³/mol. The maximum absolute atomic E-state index is 9.90. The summed E-state index contributed by atoms with van der Waals surface area (Å²) in [4.78, 5) is 3.93. The molecule has 0 bridgehead atoms. The molecule has 78 valence electrons. The first-order chi connectivity index (χ1) is 6.66. The van der Waals surface area contributed by atoms with E-state index in [0.29, 0.717) is 17.9 Å². The lowest BCUT2D eigenvalue weighted by atomic mass is 9.98. The summed E-state index contributed by atoms with van der Waals surface area (Å²) < 4.78 is 4.96. The summed E-state index contributed by atoms with van der Waals surface area (Å²) in [6.07, 6.45) is 2.57. The first-order valence-corrected chi connectivity index (χ1v) is 4.53. The lowest BCUT2D eigenvalue weighted by molar-refractivity contribution is 0.0569. The number of anilines is 1. The summed E-state index contributed by atoms with van der Waals surface area (Å²) in [5.41, 5.74) is 6.94. The van der Waals surface area contributed by atoms with Crippen LogP contribution in [0.4, 0.5) is 5.69 Å². The van der Waals surface area contributed by atoms with Gasteiger partial charge in [0.05, 0.1) is 12.7 Å². The second-order valence-corrected chi connectivity index (χ2v) is 3.38. The fraction of sp³-hybridized carbons (Fsp3) is 0.500. The van der Waals surface area contributed by atoms with Gasteiger partial charge in [-0.2, -0.15) is 0 Å². The van der Waals surface area contributed by atoms with Crippen molar-refractivity contribution in [3.63, 3.8) is 0 Å². The van der Waals surface area contributed by atoms with Gasteiger partial charge in [-0.25, -0.2) is 0 Å². The summed E-state index contributed by atoms with van der Waals surface area (Å²) in [5.74, 6) is 0.00602. The van der Waals surface area contributed by atoms with Crippen molar-refractivity contribution >= 4 is 5.69 Å². The van der Waals surface area contributed by atoms with E-state index in [1.807, 2.05) is 6.92 Å². The molecule has 0 aliphatic rings. The Hall–Kier alpha value is -1.13. The van der Waals surface area contributed by atoms with Gasteiger partial charge in [0.1, 0.15) is 0 Å². The number of aromatic nitrogens is 1. The molecule has 4 nitrogen and oxygen atoms in total. The number of aliphatic hydroxyl groups is 1. The topological polar surface area (TPSA) is 68.4 Å². The molecule has 14 heavy (non-hydrogen) atoms. The summed E-state index contributed by atoms with van der Waals surface area (Å²) in [5, 5.41) is 9.90. The Labute approximate surface area is 83.7 Å². The van der Waals surface area contributed by atoms with Crippen LogP contribution >= 0.6 is 0 Å². The van der Waals surface area contributed by atoms with Crippen LogP contribution in [0.1, 0.15) is 18.6 Å². The molecule has 0 radical (unpaired) electrons. The van der Waals surface area contributed by atoms with Crippen LogP contribution in [0.15, 0.2) is 18.5 Å². The van der Waals surface area contributed by atoms with Crippen molar-refractivity contribution in [2.45, 2.75) is 13.0 Å². The van der Waals surface area contributed by atoms with Crippen LogP contribution in [-0.2, 0) is 4.74 Å². The Morgan fingerprint density at radius 1 is 1.64 bits per heavy atom. The molecule has 0 fully saturated rings. The number of aliphatic hydroxyl groups excluding tert-OH is 1. The highest BCUT2D eigenvalue weighted by atomic mass is 16.5. The molecule has 0 aliphatic carbocycles. The highest BCUT2D eigenvalue weighted by Crippen LogP contribution is 2.25. The van der Waals surface area contributed by atoms with Gasteiger partial charge in [0.25, 0.3) is 0 Å². The highest BCUT2D eigenvalue weighted by Gasteiger charge is 2.18. The standard InChI is InChI=1S/C10H16N2O2/c1-7(6-14-2)10(13)8-5-12-4-3-9(8)11/h3-5,7,10,13H,6H2,1-2H3,(H2,11,12). The van der Waals surface area contributed by atoms with Gasteiger partial charge >= 0.3 is 0 Å². The van der Waals surface area contributed by atoms with Gasteiger partial charge in [-0.1, -0.05) is 6.92 Å². The molecular formula is C10H16N2O2. The first kappa shape index (κ1) is 10.9. The summed E-state index contributed by atoms with van der Waals surface area (Å²) in [7, 11) is 1.61. The molecule has 0 aliphatic heterocycles. The van der Waals surface area contributed by atoms with Gasteiger partial charge in [-0.15, -0.1) is 0 Å². The van der Waals surface area contributed by atoms with Crippen LogP contribution in [0, 0.1) is 5.92 Å². The third-order valence-corrected chi connectivity index (χ3v) is 2.17. The number of methoxy groups -OCH3 is 1. The number of hydrogen-bond donors (Lipinski definition) is 2. The van der Waals surface area contributed by atoms with E-state index >= 15 is 0 Å². The van der Waals surface area contributed by atoms with Crippen molar-refractivity contribution in [2.24, 2.45) is 5.92 Å². The molecule has 0 spiro atoms. The molecule has 2 unspecified atom stereocenters. The van der Waals surface area contributed by atoms with Gasteiger partial charge in [-0.3, -0.25) is 4.98 Å². The van der Waals surface area contributed by atoms with E-state index in [1.165, 1.54) is 0 Å². The molecule has 0 aromatic carbocycles. The smallest absolute Gasteiger partial charge is 0.0872 e. The zero-order valence-corrected chi connectivity index (χ0v) is 8.47. The minimum absolute atomic E-state index is 0.00602. The first-order valence-electron chi connectivity index (χ1n) is 4.53. The lowest BCUT2D eigenvalue weighted by Crippen LogP contribution is -2.16. The monoisotopic (exact) mass is 196 g/mol. The minimum Gasteiger partial charge on any atom is -0.398 e. The minimum atomic E-state index is -0.622. The fourth-order valence-corrected chi connectivity index (χ4v) is 1.33. The Morgan fingerprint density at radius 2 is 2.36 bits per heavy atom. The molecule has 1 aromatic rings. The van der Waals surface area contributed by atoms with Crippen LogP contribution in [-0.4, -0.2) is 23.8 Å². The maximum atomic E-state index is 9.90. The van der Waals surface area contributed by atoms with Crippen molar-refractivity contribution < 1.29 is 9.84 Å². The third-order valence-electron chi connectivity index (χ3n) is 2.17. The average molecular weight is 196 g/mol. The summed E-state index contributed by atoms with van der Waals surface area (Å²) in [6.45, 7) is 2.40. The zero-order valence-electron chi connectivity index (χ0n) is 8.47. The predicted octanol–water partition coefficient (Wildman–Crippen LogP) is 0.980. The van der Waals surface area contributed by atoms with Gasteiger partial charge in [0.2, 0.25) is 0 Å². The largest absolute Gasteiger partial charge is 0.398 e. The number of ether oxygens (including phenoxy) is 1. The SMILES string of the molecule is COCC(C)C(O)c1cnccc1N. The van der Waals surface area contributed by atoms with E-state index in [0.717, 1.165) is 0 Å². The Kier molecular flexibility index (Phi) is 3.85. The summed E-state index contributed by atoms with van der Waals surface area (Å²) >= 11 is 0. The third kappa shape index (κ3) is 2.43. The Balaban J connectivity index is 2.78.